The Kier molecular flexibility index (Phi) is 3.75. The van der Waals surface area contributed by atoms with Crippen LogP contribution in [-0.2, 0) is 0 Å². The summed E-state index contributed by atoms with van der Waals surface area (Å²) >= 11 is 1.53. The molecule has 5 nitrogen and oxygen atoms in total. The third-order valence-corrected chi connectivity index (χ3v) is 5.24. The Morgan fingerprint density at radius 3 is 2.77 bits per heavy atom. The van der Waals surface area contributed by atoms with Gasteiger partial charge >= 0.3 is 0 Å². The summed E-state index contributed by atoms with van der Waals surface area (Å²) in [5.74, 6) is 2.68. The fraction of sp³-hybridized carbons (Fsp3) is 0.150. The van der Waals surface area contributed by atoms with Crippen molar-refractivity contribution in [3.63, 3.8) is 0 Å². The Morgan fingerprint density at radius 2 is 2.00 bits per heavy atom. The summed E-state index contributed by atoms with van der Waals surface area (Å²) in [6.07, 6.45) is 4.53. The lowest BCUT2D eigenvalue weighted by molar-refractivity contribution is 0.580. The van der Waals surface area contributed by atoms with Crippen molar-refractivity contribution in [2.24, 2.45) is 0 Å². The third kappa shape index (κ3) is 2.99. The van der Waals surface area contributed by atoms with Gasteiger partial charge < -0.3 is 9.73 Å². The van der Waals surface area contributed by atoms with Crippen LogP contribution in [-0.4, -0.2) is 21.0 Å². The first kappa shape index (κ1) is 15.3. The summed E-state index contributed by atoms with van der Waals surface area (Å²) in [4.78, 5) is 13.6. The second kappa shape index (κ2) is 6.38. The molecule has 3 heterocycles. The number of hydrogen-bond acceptors (Lipinski definition) is 6. The Hall–Kier alpha value is -2.99. The number of hydrogen-bond donors (Lipinski definition) is 1. The van der Waals surface area contributed by atoms with Crippen LogP contribution in [0.2, 0.25) is 0 Å². The van der Waals surface area contributed by atoms with Gasteiger partial charge in [0.15, 0.2) is 16.6 Å². The molecule has 3 aromatic heterocycles. The second-order valence-corrected chi connectivity index (χ2v) is 7.17. The molecule has 1 aliphatic rings. The molecule has 0 saturated heterocycles. The highest BCUT2D eigenvalue weighted by molar-refractivity contribution is 7.13. The highest BCUT2D eigenvalue weighted by atomic mass is 32.1. The fourth-order valence-electron chi connectivity index (χ4n) is 3.11. The standard InChI is InChI=1S/C20H16N4OS/c1-2-5-13(6-3-1)14-11-15(14)22-18-12-16(17-7-4-9-25-17)23-19(24-18)20-21-8-10-26-20/h1-10,12,14-15H,11H2,(H,22,23,24)/t14-,15-/m0/s1. The number of aromatic nitrogens is 3. The van der Waals surface area contributed by atoms with E-state index in [1.54, 1.807) is 12.5 Å². The summed E-state index contributed by atoms with van der Waals surface area (Å²) in [7, 11) is 0. The largest absolute Gasteiger partial charge is 0.463 e. The highest BCUT2D eigenvalue weighted by Crippen LogP contribution is 2.42. The van der Waals surface area contributed by atoms with Gasteiger partial charge in [-0.2, -0.15) is 0 Å². The number of nitrogens with zero attached hydrogens (tertiary/aromatic N) is 3. The average Bonchev–Trinajstić information content (AvgIpc) is 3.12. The number of furan rings is 1. The van der Waals surface area contributed by atoms with Crippen LogP contribution >= 0.6 is 11.3 Å². The van der Waals surface area contributed by atoms with Crippen LogP contribution in [0.25, 0.3) is 22.3 Å². The summed E-state index contributed by atoms with van der Waals surface area (Å²) in [5.41, 5.74) is 2.13. The molecule has 0 spiro atoms. The lowest BCUT2D eigenvalue weighted by Crippen LogP contribution is -2.07. The van der Waals surface area contributed by atoms with E-state index in [2.05, 4.69) is 50.6 Å². The SMILES string of the molecule is c1ccc([C@@H]2C[C@@H]2Nc2cc(-c3ccco3)nc(-c3nccs3)n2)cc1. The van der Waals surface area contributed by atoms with Gasteiger partial charge in [0.2, 0.25) is 0 Å². The molecule has 0 amide bonds. The van der Waals surface area contributed by atoms with E-state index in [1.807, 2.05) is 23.6 Å². The van der Waals surface area contributed by atoms with Crippen LogP contribution in [0.5, 0.6) is 0 Å². The molecule has 1 aliphatic carbocycles. The molecule has 1 N–H and O–H groups in total. The van der Waals surface area contributed by atoms with E-state index in [4.69, 9.17) is 4.42 Å². The van der Waals surface area contributed by atoms with Crippen LogP contribution in [0.15, 0.2) is 70.8 Å². The minimum Gasteiger partial charge on any atom is -0.463 e. The molecule has 0 unspecified atom stereocenters. The normalized spacial score (nSPS) is 18.6. The van der Waals surface area contributed by atoms with Gasteiger partial charge in [-0.25, -0.2) is 15.0 Å². The van der Waals surface area contributed by atoms with Gasteiger partial charge in [0, 0.05) is 29.6 Å². The smallest absolute Gasteiger partial charge is 0.191 e. The van der Waals surface area contributed by atoms with Gasteiger partial charge in [-0.3, -0.25) is 0 Å². The van der Waals surface area contributed by atoms with Crippen LogP contribution < -0.4 is 5.32 Å². The van der Waals surface area contributed by atoms with Crippen LogP contribution in [0, 0.1) is 0 Å². The number of rotatable bonds is 5. The van der Waals surface area contributed by atoms with Crippen molar-refractivity contribution >= 4 is 17.2 Å². The Bertz CT molecular complexity index is 947. The predicted molar refractivity (Wildman–Crippen MR) is 102 cm³/mol. The predicted octanol–water partition coefficient (Wildman–Crippen LogP) is 4.83. The lowest BCUT2D eigenvalue weighted by Gasteiger charge is -2.08. The Morgan fingerprint density at radius 1 is 1.08 bits per heavy atom. The molecule has 26 heavy (non-hydrogen) atoms. The molecule has 0 radical (unpaired) electrons. The van der Waals surface area contributed by atoms with Crippen LogP contribution in [0.4, 0.5) is 5.82 Å². The van der Waals surface area contributed by atoms with Crippen molar-refractivity contribution in [1.29, 1.82) is 0 Å². The van der Waals surface area contributed by atoms with E-state index in [0.717, 1.165) is 28.7 Å². The first-order chi connectivity index (χ1) is 12.9. The summed E-state index contributed by atoms with van der Waals surface area (Å²) in [5, 5.41) is 6.28. The van der Waals surface area contributed by atoms with Crippen LogP contribution in [0.1, 0.15) is 17.9 Å². The topological polar surface area (TPSA) is 63.8 Å². The Labute approximate surface area is 154 Å². The minimum absolute atomic E-state index is 0.390. The van der Waals surface area contributed by atoms with Crippen LogP contribution in [0.3, 0.4) is 0 Å². The van der Waals surface area contributed by atoms with E-state index in [9.17, 15) is 0 Å². The van der Waals surface area contributed by atoms with Gasteiger partial charge in [0.05, 0.1) is 6.26 Å². The quantitative estimate of drug-likeness (QED) is 0.552. The molecule has 5 rings (SSSR count). The minimum atomic E-state index is 0.390. The molecule has 1 saturated carbocycles. The van der Waals surface area contributed by atoms with Crippen molar-refractivity contribution in [1.82, 2.24) is 15.0 Å². The first-order valence-corrected chi connectivity index (χ1v) is 9.39. The van der Waals surface area contributed by atoms with E-state index in [0.29, 0.717) is 17.8 Å². The first-order valence-electron chi connectivity index (χ1n) is 8.51. The molecule has 1 fully saturated rings. The zero-order valence-corrected chi connectivity index (χ0v) is 14.7. The highest BCUT2D eigenvalue weighted by Gasteiger charge is 2.38. The van der Waals surface area contributed by atoms with Crippen molar-refractivity contribution in [3.05, 3.63) is 71.9 Å². The monoisotopic (exact) mass is 360 g/mol. The van der Waals surface area contributed by atoms with Gasteiger partial charge in [0.25, 0.3) is 0 Å². The zero-order chi connectivity index (χ0) is 17.3. The molecule has 0 bridgehead atoms. The van der Waals surface area contributed by atoms with Gasteiger partial charge in [-0.15, -0.1) is 11.3 Å². The number of thiazole rings is 1. The third-order valence-electron chi connectivity index (χ3n) is 4.47. The van der Waals surface area contributed by atoms with E-state index < -0.39 is 0 Å². The molecule has 2 atom stereocenters. The maximum absolute atomic E-state index is 5.52. The maximum Gasteiger partial charge on any atom is 0.191 e. The maximum atomic E-state index is 5.52. The van der Waals surface area contributed by atoms with Crippen molar-refractivity contribution in [3.8, 4) is 22.3 Å². The van der Waals surface area contributed by atoms with Gasteiger partial charge in [0.1, 0.15) is 11.5 Å². The molecule has 1 aromatic carbocycles. The molecular formula is C20H16N4OS. The average molecular weight is 360 g/mol. The summed E-state index contributed by atoms with van der Waals surface area (Å²) < 4.78 is 5.52. The van der Waals surface area contributed by atoms with Crippen molar-refractivity contribution in [2.75, 3.05) is 5.32 Å². The molecule has 6 heteroatoms. The fourth-order valence-corrected chi connectivity index (χ4v) is 3.68. The second-order valence-electron chi connectivity index (χ2n) is 6.28. The van der Waals surface area contributed by atoms with Gasteiger partial charge in [-0.1, -0.05) is 30.3 Å². The van der Waals surface area contributed by atoms with E-state index in [-0.39, 0.29) is 0 Å². The number of nitrogens with one attached hydrogen (secondary N) is 1. The van der Waals surface area contributed by atoms with E-state index in [1.165, 1.54) is 16.9 Å². The molecule has 0 aliphatic heterocycles. The Balaban J connectivity index is 1.45. The van der Waals surface area contributed by atoms with Crippen molar-refractivity contribution < 1.29 is 4.42 Å². The summed E-state index contributed by atoms with van der Waals surface area (Å²) in [6.45, 7) is 0. The number of benzene rings is 1. The molecule has 4 aromatic rings. The lowest BCUT2D eigenvalue weighted by atomic mass is 10.1. The summed E-state index contributed by atoms with van der Waals surface area (Å²) in [6, 6.07) is 16.7. The zero-order valence-electron chi connectivity index (χ0n) is 13.9. The molecular weight excluding hydrogens is 344 g/mol. The van der Waals surface area contributed by atoms with Gasteiger partial charge in [-0.05, 0) is 24.1 Å². The molecule has 128 valence electrons. The van der Waals surface area contributed by atoms with Crippen molar-refractivity contribution in [2.45, 2.75) is 18.4 Å². The number of anilines is 1. The van der Waals surface area contributed by atoms with E-state index >= 15 is 0 Å².